The van der Waals surface area contributed by atoms with E-state index in [4.69, 9.17) is 62.0 Å². The zero-order valence-corrected chi connectivity index (χ0v) is 78.8. The molecule has 2 N–H and O–H groups in total. The van der Waals surface area contributed by atoms with Crippen molar-refractivity contribution in [2.24, 2.45) is 27.1 Å². The zero-order chi connectivity index (χ0) is 89.0. The molecule has 3 aromatic heterocycles. The highest BCUT2D eigenvalue weighted by atomic mass is 79.9. The number of methoxy groups -OCH3 is 1. The molecule has 22 nitrogen and oxygen atoms in total. The number of benzene rings is 3. The summed E-state index contributed by atoms with van der Waals surface area (Å²) in [6.45, 7) is 41.6. The fourth-order valence-electron chi connectivity index (χ4n) is 16.9. The second-order valence-corrected chi connectivity index (χ2v) is 39.5. The molecule has 6 aromatic rings. The van der Waals surface area contributed by atoms with Gasteiger partial charge in [-0.3, -0.25) is 14.0 Å². The third-order valence-electron chi connectivity index (χ3n) is 24.3. The highest BCUT2D eigenvalue weighted by molar-refractivity contribution is 9.10. The first-order valence-corrected chi connectivity index (χ1v) is 45.2. The maximum absolute atomic E-state index is 12.5. The first-order valence-electron chi connectivity index (χ1n) is 44.5. The largest absolute Gasteiger partial charge is 0.493 e. The van der Waals surface area contributed by atoms with E-state index < -0.39 is 53.0 Å². The molecular formula is C97H139B2BrN6O16. The number of aryl methyl sites for hydroxylation is 6. The van der Waals surface area contributed by atoms with Crippen LogP contribution < -0.4 is 14.2 Å². The monoisotopic (exact) mass is 1740 g/mol. The van der Waals surface area contributed by atoms with E-state index >= 15 is 0 Å². The Labute approximate surface area is 735 Å². The van der Waals surface area contributed by atoms with Gasteiger partial charge >= 0.3 is 32.1 Å². The predicted octanol–water partition coefficient (Wildman–Crippen LogP) is 22.0. The third-order valence-corrected chi connectivity index (χ3v) is 24.9. The number of nitrogens with zero attached hydrogens (tertiary/aromatic N) is 6. The van der Waals surface area contributed by atoms with E-state index in [9.17, 15) is 24.6 Å². The number of rotatable bonds is 17. The van der Waals surface area contributed by atoms with Crippen LogP contribution in [0.15, 0.2) is 101 Å². The summed E-state index contributed by atoms with van der Waals surface area (Å²) in [6.07, 6.45) is 27.7. The van der Waals surface area contributed by atoms with Crippen LogP contribution in [-0.2, 0) is 98.8 Å². The summed E-state index contributed by atoms with van der Waals surface area (Å²) in [5.41, 5.74) is 14.4. The van der Waals surface area contributed by atoms with E-state index in [2.05, 4.69) is 113 Å². The van der Waals surface area contributed by atoms with Crippen LogP contribution in [0.2, 0.25) is 0 Å². The van der Waals surface area contributed by atoms with Crippen molar-refractivity contribution >= 4 is 54.2 Å². The number of ether oxygens (including phenoxy) is 7. The number of aromatic nitrogens is 6. The average Bonchev–Trinajstić information content (AvgIpc) is 1.59. The van der Waals surface area contributed by atoms with Crippen molar-refractivity contribution in [3.8, 4) is 50.6 Å². The molecule has 4 aliphatic carbocycles. The number of carboxylic acid groups (broad SMARTS) is 2. The number of carbonyl (C=O) groups excluding carboxylic acids is 1. The molecule has 5 aliphatic heterocycles. The molecule has 0 bridgehead atoms. The summed E-state index contributed by atoms with van der Waals surface area (Å²) in [4.78, 5) is 37.2. The molecule has 9 aliphatic rings. The van der Waals surface area contributed by atoms with Crippen LogP contribution in [0.25, 0.3) is 39.5 Å². The van der Waals surface area contributed by atoms with Crippen molar-refractivity contribution in [1.82, 2.24) is 29.3 Å². The number of aliphatic carboxylic acids is 2. The van der Waals surface area contributed by atoms with E-state index in [1.165, 1.54) is 119 Å². The molecule has 666 valence electrons. The predicted molar refractivity (Wildman–Crippen MR) is 486 cm³/mol. The fourth-order valence-corrected chi connectivity index (χ4v) is 17.5. The van der Waals surface area contributed by atoms with Gasteiger partial charge in [-0.25, -0.2) is 14.4 Å². The Hall–Kier alpha value is -7.61. The van der Waals surface area contributed by atoms with Crippen LogP contribution in [0.1, 0.15) is 310 Å². The Bertz CT molecular complexity index is 4650. The zero-order valence-electron chi connectivity index (χ0n) is 77.2. The first-order chi connectivity index (χ1) is 57.4. The van der Waals surface area contributed by atoms with E-state index in [-0.39, 0.29) is 36.6 Å². The molecule has 3 aromatic carbocycles. The number of halogens is 1. The Morgan fingerprint density at radius 1 is 0.516 bits per heavy atom. The molecule has 6 fully saturated rings. The second kappa shape index (κ2) is 41.2. The number of hydrogen-bond donors (Lipinski definition) is 2. The number of carboxylic acids is 2. The smallest absolute Gasteiger partial charge is 0.487 e. The van der Waals surface area contributed by atoms with Crippen LogP contribution in [0.5, 0.6) is 17.2 Å². The Kier molecular flexibility index (Phi) is 32.6. The highest BCUT2D eigenvalue weighted by Gasteiger charge is 2.52. The standard InChI is InChI=1S/C25H34N2O4.C25H32N2O4.C20H25BrN2O4.C12H21BO2.C9H17BO2.C6H10/c2*1-25(2,3)31-23(24(28)29)22-21(18-11-12-20-17(15-18)10-7-13-30-20)19(26-27(22)4)14-16-8-5-6-9-16;1-20(2,3)27-17(19(24)25-5)16-15(18(21)22-23(16)4)13-8-9-14-12(11-13)7-6-10-26-14;1-11(2)12(3,4)15-13(14-11)9-10-7-5-6-8-10;1-6-7-10-11-8(2,3)9(4,5)12-10;1-6-4-2-3-5-6/h11-12,15-16,23H,5-10,13-14H2,1-4H3,(H,28,29);11-12,14-15,23H,5-10,13H2,1-4H3,(H,28,29);8-9,11,17H,6-7,10H2,1-5H3;9H,5-8H2,1-4H3;6-7H,1-5H3;1-5H2/b;;;;7-6+;. The van der Waals surface area contributed by atoms with Crippen LogP contribution >= 0.6 is 15.9 Å². The lowest BCUT2D eigenvalue weighted by molar-refractivity contribution is -0.165. The molecule has 25 heteroatoms. The lowest BCUT2D eigenvalue weighted by atomic mass is 9.86. The Morgan fingerprint density at radius 3 is 1.30 bits per heavy atom. The third kappa shape index (κ3) is 25.4. The second-order valence-electron chi connectivity index (χ2n) is 38.8. The van der Waals surface area contributed by atoms with Gasteiger partial charge in [0.15, 0.2) is 18.3 Å². The Morgan fingerprint density at radius 2 is 0.893 bits per heavy atom. The fraction of sp³-hybridized carbons (Fsp3) is 0.608. The topological polar surface area (TPSA) is 247 Å². The molecular weight excluding hydrogens is 1610 g/mol. The number of fused-ring (bicyclic) bond motifs is 3. The average molecular weight is 1750 g/mol. The van der Waals surface area contributed by atoms with Gasteiger partial charge in [-0.2, -0.15) is 15.3 Å². The first kappa shape index (κ1) is 96.6. The van der Waals surface area contributed by atoms with Crippen LogP contribution in [0, 0.1) is 5.92 Å². The van der Waals surface area contributed by atoms with Gasteiger partial charge in [0, 0.05) is 37.8 Å². The minimum Gasteiger partial charge on any atom is -0.493 e. The number of esters is 1. The summed E-state index contributed by atoms with van der Waals surface area (Å²) in [6, 6.07) is 18.4. The normalized spacial score (nSPS) is 19.5. The van der Waals surface area contributed by atoms with Crippen molar-refractivity contribution in [3.63, 3.8) is 0 Å². The van der Waals surface area contributed by atoms with Gasteiger partial charge in [0.05, 0.1) is 94.6 Å². The van der Waals surface area contributed by atoms with Gasteiger partial charge in [-0.05, 0) is 344 Å². The molecule has 0 amide bonds. The minimum atomic E-state index is -1.12. The summed E-state index contributed by atoms with van der Waals surface area (Å²) >= 11 is 3.55. The van der Waals surface area contributed by atoms with Gasteiger partial charge in [0.2, 0.25) is 0 Å². The summed E-state index contributed by atoms with van der Waals surface area (Å²) in [5.74, 6) is 5.02. The lowest BCUT2D eigenvalue weighted by Gasteiger charge is -2.32. The lowest BCUT2D eigenvalue weighted by Crippen LogP contribution is -2.41. The molecule has 15 rings (SSSR count). The SMILES string of the molecule is C/C=C/B1OC(C)(C)C(C)(C)O1.C=C1CCCC1.CC1(C)OB(C=C2CCCC2)OC1(C)C.COC(=O)C(OC(C)(C)C)c1c(-c2ccc3c(c2)CCCO3)c(Br)nn1C.Cn1nc(C=C2CCCC2)c(-c2ccc3c(c2)CCCO3)c1C(OC(C)(C)C)C(=O)O.Cn1nc(CC2CCCC2)c(-c2ccc3c(c2)CCCO3)c1C(OC(C)(C)C)C(=O)O. The highest BCUT2D eigenvalue weighted by Crippen LogP contribution is 2.46. The molecule has 2 saturated heterocycles. The summed E-state index contributed by atoms with van der Waals surface area (Å²) in [7, 11) is 6.48. The van der Waals surface area contributed by atoms with Crippen LogP contribution in [0.3, 0.4) is 0 Å². The van der Waals surface area contributed by atoms with Gasteiger partial charge in [0.25, 0.3) is 0 Å². The van der Waals surface area contributed by atoms with Gasteiger partial charge < -0.3 is 62.0 Å². The van der Waals surface area contributed by atoms with Gasteiger partial charge in [0.1, 0.15) is 21.9 Å². The maximum atomic E-state index is 12.5. The van der Waals surface area contributed by atoms with Crippen molar-refractivity contribution in [2.75, 3.05) is 26.9 Å². The number of carbonyl (C=O) groups is 3. The minimum absolute atomic E-state index is 0.136. The van der Waals surface area contributed by atoms with Crippen molar-refractivity contribution in [3.05, 3.63) is 146 Å². The van der Waals surface area contributed by atoms with Gasteiger partial charge in [-0.1, -0.05) is 85.2 Å². The van der Waals surface area contributed by atoms with E-state index in [1.807, 2.05) is 125 Å². The number of hydrogen-bond acceptors (Lipinski definition) is 17. The molecule has 122 heavy (non-hydrogen) atoms. The molecule has 4 saturated carbocycles. The molecule has 8 heterocycles. The maximum Gasteiger partial charge on any atom is 0.487 e. The van der Waals surface area contributed by atoms with Crippen LogP contribution in [0.4, 0.5) is 0 Å². The van der Waals surface area contributed by atoms with Crippen LogP contribution in [-0.4, -0.2) is 138 Å². The molecule has 0 spiro atoms. The molecule has 3 unspecified atom stereocenters. The van der Waals surface area contributed by atoms with Crippen molar-refractivity contribution in [2.45, 2.75) is 330 Å². The summed E-state index contributed by atoms with van der Waals surface area (Å²) < 4.78 is 69.4. The number of allylic oxidation sites excluding steroid dienone is 4. The molecule has 3 atom stereocenters. The van der Waals surface area contributed by atoms with Crippen molar-refractivity contribution < 1.29 is 76.4 Å². The van der Waals surface area contributed by atoms with Crippen molar-refractivity contribution in [1.29, 1.82) is 0 Å². The van der Waals surface area contributed by atoms with E-state index in [1.54, 1.807) is 28.1 Å². The Balaban J connectivity index is 0.000000162. The summed E-state index contributed by atoms with van der Waals surface area (Å²) in [5, 5.41) is 34.2. The van der Waals surface area contributed by atoms with Gasteiger partial charge in [-0.15, -0.1) is 0 Å². The quantitative estimate of drug-likeness (QED) is 0.0489. The molecule has 0 radical (unpaired) electrons. The van der Waals surface area contributed by atoms with E-state index in [0.29, 0.717) is 27.6 Å². The van der Waals surface area contributed by atoms with E-state index in [0.717, 1.165) is 151 Å².